The molecule has 0 saturated carbocycles. The number of aryl methyl sites for hydroxylation is 2. The first-order chi connectivity index (χ1) is 12.4. The van der Waals surface area contributed by atoms with Gasteiger partial charge in [0.2, 0.25) is 5.91 Å². The topological polar surface area (TPSA) is 90.0 Å². The zero-order chi connectivity index (χ0) is 18.8. The van der Waals surface area contributed by atoms with Crippen LogP contribution in [0.1, 0.15) is 26.4 Å². The van der Waals surface area contributed by atoms with Crippen LogP contribution >= 0.6 is 15.9 Å². The maximum atomic E-state index is 12.6. The van der Waals surface area contributed by atoms with Crippen molar-refractivity contribution in [1.82, 2.24) is 9.78 Å². The summed E-state index contributed by atoms with van der Waals surface area (Å²) in [5, 5.41) is 7.33. The van der Waals surface area contributed by atoms with Gasteiger partial charge in [-0.3, -0.25) is 14.3 Å². The molecule has 0 aliphatic heterocycles. The minimum Gasteiger partial charge on any atom is -0.366 e. The predicted octanol–water partition coefficient (Wildman–Crippen LogP) is 3.51. The van der Waals surface area contributed by atoms with E-state index in [2.05, 4.69) is 26.3 Å². The Morgan fingerprint density at radius 3 is 2.19 bits per heavy atom. The molecule has 1 aromatic heterocycles. The monoisotopic (exact) mass is 412 g/mol. The Kier molecular flexibility index (Phi) is 4.90. The molecule has 0 radical (unpaired) electrons. The molecule has 2 amide bonds. The fourth-order valence-electron chi connectivity index (χ4n) is 2.73. The maximum absolute atomic E-state index is 12.6. The second-order valence-corrected chi connectivity index (χ2v) is 6.75. The third-order valence-corrected chi connectivity index (χ3v) is 4.55. The minimum atomic E-state index is -0.531. The molecule has 132 valence electrons. The molecule has 26 heavy (non-hydrogen) atoms. The summed E-state index contributed by atoms with van der Waals surface area (Å²) < 4.78 is 2.62. The van der Waals surface area contributed by atoms with Crippen LogP contribution in [-0.4, -0.2) is 21.6 Å². The summed E-state index contributed by atoms with van der Waals surface area (Å²) in [6.07, 6.45) is 0. The second kappa shape index (κ2) is 7.13. The van der Waals surface area contributed by atoms with E-state index >= 15 is 0 Å². The van der Waals surface area contributed by atoms with E-state index in [1.807, 2.05) is 31.2 Å². The molecule has 0 unspecified atom stereocenters. The third-order valence-electron chi connectivity index (χ3n) is 4.02. The maximum Gasteiger partial charge on any atom is 0.256 e. The lowest BCUT2D eigenvalue weighted by Gasteiger charge is -2.10. The molecule has 7 heteroatoms. The summed E-state index contributed by atoms with van der Waals surface area (Å²) in [5.41, 5.74) is 8.64. The number of nitrogens with zero attached hydrogens (tertiary/aromatic N) is 2. The van der Waals surface area contributed by atoms with Gasteiger partial charge in [-0.25, -0.2) is 0 Å². The molecule has 6 nitrogen and oxygen atoms in total. The number of amides is 2. The zero-order valence-electron chi connectivity index (χ0n) is 14.3. The van der Waals surface area contributed by atoms with E-state index in [9.17, 15) is 9.59 Å². The zero-order valence-corrected chi connectivity index (χ0v) is 15.9. The van der Waals surface area contributed by atoms with Gasteiger partial charge in [-0.2, -0.15) is 5.10 Å². The normalized spacial score (nSPS) is 10.6. The number of carbonyl (C=O) groups excluding carboxylic acids is 2. The number of carbonyl (C=O) groups is 2. The standard InChI is InChI=1S/C19H17BrN4O2/c1-11-16(12-7-9-15(20)10-8-12)18(24(2)23-11)22-19(26)14-5-3-13(4-6-14)17(21)25/h3-10H,1-2H3,(H2,21,25)(H,22,26). The summed E-state index contributed by atoms with van der Waals surface area (Å²) in [6, 6.07) is 14.0. The van der Waals surface area contributed by atoms with Crippen LogP contribution in [-0.2, 0) is 7.05 Å². The second-order valence-electron chi connectivity index (χ2n) is 5.84. The van der Waals surface area contributed by atoms with Gasteiger partial charge in [-0.05, 0) is 48.9 Å². The average molecular weight is 413 g/mol. The molecule has 1 heterocycles. The van der Waals surface area contributed by atoms with E-state index < -0.39 is 5.91 Å². The first-order valence-electron chi connectivity index (χ1n) is 7.87. The highest BCUT2D eigenvalue weighted by Gasteiger charge is 2.18. The number of halogens is 1. The van der Waals surface area contributed by atoms with Gasteiger partial charge in [0.15, 0.2) is 0 Å². The Hall–Kier alpha value is -2.93. The number of benzene rings is 2. The van der Waals surface area contributed by atoms with Gasteiger partial charge in [-0.15, -0.1) is 0 Å². The van der Waals surface area contributed by atoms with Gasteiger partial charge < -0.3 is 11.1 Å². The summed E-state index contributed by atoms with van der Waals surface area (Å²) in [4.78, 5) is 23.8. The Balaban J connectivity index is 1.93. The highest BCUT2D eigenvalue weighted by atomic mass is 79.9. The van der Waals surface area contributed by atoms with E-state index in [1.54, 1.807) is 23.9 Å². The lowest BCUT2D eigenvalue weighted by atomic mass is 10.1. The minimum absolute atomic E-state index is 0.289. The molecule has 0 fully saturated rings. The lowest BCUT2D eigenvalue weighted by Crippen LogP contribution is -2.16. The number of rotatable bonds is 4. The van der Waals surface area contributed by atoms with Crippen LogP contribution in [0.25, 0.3) is 11.1 Å². The number of aromatic nitrogens is 2. The summed E-state index contributed by atoms with van der Waals surface area (Å²) in [6.45, 7) is 1.90. The fraction of sp³-hybridized carbons (Fsp3) is 0.105. The highest BCUT2D eigenvalue weighted by molar-refractivity contribution is 9.10. The highest BCUT2D eigenvalue weighted by Crippen LogP contribution is 2.32. The molecule has 0 saturated heterocycles. The molecule has 0 bridgehead atoms. The van der Waals surface area contributed by atoms with Crippen LogP contribution in [0, 0.1) is 6.92 Å². The molecule has 0 aliphatic carbocycles. The SMILES string of the molecule is Cc1nn(C)c(NC(=O)c2ccc(C(N)=O)cc2)c1-c1ccc(Br)cc1. The summed E-state index contributed by atoms with van der Waals surface area (Å²) >= 11 is 3.42. The summed E-state index contributed by atoms with van der Waals surface area (Å²) in [5.74, 6) is -0.215. The molecular weight excluding hydrogens is 396 g/mol. The molecule has 0 aliphatic rings. The van der Waals surface area contributed by atoms with Crippen LogP contribution < -0.4 is 11.1 Å². The van der Waals surface area contributed by atoms with E-state index in [0.717, 1.165) is 21.3 Å². The lowest BCUT2D eigenvalue weighted by molar-refractivity contribution is 0.0995. The van der Waals surface area contributed by atoms with Crippen LogP contribution in [0.3, 0.4) is 0 Å². The molecule has 0 spiro atoms. The Morgan fingerprint density at radius 2 is 1.62 bits per heavy atom. The fourth-order valence-corrected chi connectivity index (χ4v) is 2.99. The van der Waals surface area contributed by atoms with Crippen molar-refractivity contribution in [3.05, 3.63) is 69.8 Å². The van der Waals surface area contributed by atoms with Gasteiger partial charge in [0, 0.05) is 28.2 Å². The molecule has 2 aromatic carbocycles. The van der Waals surface area contributed by atoms with Crippen molar-refractivity contribution >= 4 is 33.6 Å². The largest absolute Gasteiger partial charge is 0.366 e. The van der Waals surface area contributed by atoms with Crippen LogP contribution in [0.15, 0.2) is 53.0 Å². The Morgan fingerprint density at radius 1 is 1.04 bits per heavy atom. The number of primary amides is 1. The molecular formula is C19H17BrN4O2. The van der Waals surface area contributed by atoms with Crippen LogP contribution in [0.4, 0.5) is 5.82 Å². The molecule has 3 rings (SSSR count). The number of anilines is 1. The molecule has 3 aromatic rings. The van der Waals surface area contributed by atoms with Gasteiger partial charge in [0.05, 0.1) is 5.69 Å². The average Bonchev–Trinajstić information content (AvgIpc) is 2.89. The molecule has 0 atom stereocenters. The van der Waals surface area contributed by atoms with Crippen molar-refractivity contribution in [2.75, 3.05) is 5.32 Å². The smallest absolute Gasteiger partial charge is 0.256 e. The quantitative estimate of drug-likeness (QED) is 0.686. The van der Waals surface area contributed by atoms with E-state index in [4.69, 9.17) is 5.73 Å². The Bertz CT molecular complexity index is 976. The third kappa shape index (κ3) is 3.52. The van der Waals surface area contributed by atoms with Crippen LogP contribution in [0.2, 0.25) is 0 Å². The van der Waals surface area contributed by atoms with Gasteiger partial charge in [-0.1, -0.05) is 28.1 Å². The van der Waals surface area contributed by atoms with Crippen molar-refractivity contribution < 1.29 is 9.59 Å². The van der Waals surface area contributed by atoms with Crippen molar-refractivity contribution in [1.29, 1.82) is 0 Å². The van der Waals surface area contributed by atoms with Gasteiger partial charge >= 0.3 is 0 Å². The van der Waals surface area contributed by atoms with Crippen molar-refractivity contribution in [2.45, 2.75) is 6.92 Å². The van der Waals surface area contributed by atoms with Crippen molar-refractivity contribution in [2.24, 2.45) is 12.8 Å². The van der Waals surface area contributed by atoms with Crippen molar-refractivity contribution in [3.63, 3.8) is 0 Å². The van der Waals surface area contributed by atoms with E-state index in [-0.39, 0.29) is 5.91 Å². The predicted molar refractivity (Wildman–Crippen MR) is 104 cm³/mol. The summed E-state index contributed by atoms with van der Waals surface area (Å²) in [7, 11) is 1.78. The van der Waals surface area contributed by atoms with E-state index in [0.29, 0.717) is 16.9 Å². The first-order valence-corrected chi connectivity index (χ1v) is 8.67. The van der Waals surface area contributed by atoms with Crippen LogP contribution in [0.5, 0.6) is 0 Å². The number of hydrogen-bond donors (Lipinski definition) is 2. The van der Waals surface area contributed by atoms with Crippen molar-refractivity contribution in [3.8, 4) is 11.1 Å². The number of hydrogen-bond acceptors (Lipinski definition) is 3. The first kappa shape index (κ1) is 17.9. The van der Waals surface area contributed by atoms with Gasteiger partial charge in [0.1, 0.15) is 5.82 Å². The molecule has 3 N–H and O–H groups in total. The van der Waals surface area contributed by atoms with Gasteiger partial charge in [0.25, 0.3) is 5.91 Å². The Labute approximate surface area is 159 Å². The number of nitrogens with two attached hydrogens (primary N) is 1. The van der Waals surface area contributed by atoms with E-state index in [1.165, 1.54) is 12.1 Å². The number of nitrogens with one attached hydrogen (secondary N) is 1.